The molecule has 0 saturated carbocycles. The molecular weight excluding hydrogens is 1170 g/mol. The number of carbonyl (C=O) groups excluding carboxylic acids is 2. The van der Waals surface area contributed by atoms with Crippen LogP contribution in [-0.2, 0) is 28.9 Å². The number of Topliss-reactive ketones (excluding diaryl/α,β-unsaturated/α-hetero) is 2. The Morgan fingerprint density at radius 3 is 1.17 bits per heavy atom. The van der Waals surface area contributed by atoms with Crippen LogP contribution < -0.4 is 5.32 Å². The van der Waals surface area contributed by atoms with E-state index in [1.54, 1.807) is 0 Å². The van der Waals surface area contributed by atoms with Crippen LogP contribution in [0.3, 0.4) is 0 Å². The highest BCUT2D eigenvalue weighted by Crippen LogP contribution is 2.46. The largest absolute Gasteiger partial charge is 0.338 e. The van der Waals surface area contributed by atoms with Gasteiger partial charge in [0, 0.05) is 33.4 Å². The monoisotopic (exact) mass is 1220 g/mol. The topological polar surface area (TPSA) is 110 Å². The number of carbonyl (C=O) groups is 2. The smallest absolute Gasteiger partial charge is 0.219 e. The van der Waals surface area contributed by atoms with Crippen molar-refractivity contribution in [2.45, 2.75) is 31.7 Å². The summed E-state index contributed by atoms with van der Waals surface area (Å²) in [5.41, 5.74) is 23.5. The standard InChI is InChI=1S/C35H27N3.C35H25N3.C6Cl4O2/c2*1-5-13-24(14-6-1)30-23-31(25-15-7-2-8-16-25)36-33-28(30)21-22-29-32(26-17-9-3-10-18-26)37-35(38-34(29)33)27-19-11-4-12-20-27;7-1-2(8)6(12)4(10)3(9)5(1)11/h1-20,23,32H,21-22H2,(H,37,38);1-20,23H,21-22H2;. The second-order valence-corrected chi connectivity index (χ2v) is 22.8. The number of aromatic nitrogens is 4. The summed E-state index contributed by atoms with van der Waals surface area (Å²) >= 11 is 21.5. The maximum atomic E-state index is 11.0. The van der Waals surface area contributed by atoms with Crippen LogP contribution in [0.1, 0.15) is 46.0 Å². The molecular formula is C76H52Cl4N6O2. The van der Waals surface area contributed by atoms with Crippen molar-refractivity contribution >= 4 is 69.5 Å². The third-order valence-corrected chi connectivity index (χ3v) is 17.5. The molecule has 1 N–H and O–H groups in total. The minimum atomic E-state index is -0.729. The molecule has 0 saturated heterocycles. The van der Waals surface area contributed by atoms with Crippen molar-refractivity contribution in [3.05, 3.63) is 314 Å². The van der Waals surface area contributed by atoms with Gasteiger partial charge < -0.3 is 5.32 Å². The molecule has 0 amide bonds. The first kappa shape index (κ1) is 57.4. The maximum Gasteiger partial charge on any atom is 0.219 e. The molecule has 1 aliphatic heterocycles. The van der Waals surface area contributed by atoms with Crippen LogP contribution in [0.4, 0.5) is 0 Å². The maximum absolute atomic E-state index is 11.0. The normalized spacial score (nSPS) is 14.8. The highest BCUT2D eigenvalue weighted by Gasteiger charge is 2.35. The van der Waals surface area contributed by atoms with E-state index in [1.165, 1.54) is 50.1 Å². The summed E-state index contributed by atoms with van der Waals surface area (Å²) in [6.07, 6.45) is 3.63. The number of pyridine rings is 2. The van der Waals surface area contributed by atoms with Crippen molar-refractivity contribution in [2.24, 2.45) is 4.99 Å². The Morgan fingerprint density at radius 1 is 0.341 bits per heavy atom. The van der Waals surface area contributed by atoms with Crippen LogP contribution in [-0.4, -0.2) is 37.3 Å². The number of allylic oxidation sites excluding steroid dienone is 4. The van der Waals surface area contributed by atoms with Gasteiger partial charge in [-0.05, 0) is 82.3 Å². The predicted molar refractivity (Wildman–Crippen MR) is 358 cm³/mol. The van der Waals surface area contributed by atoms with Crippen molar-refractivity contribution in [3.63, 3.8) is 0 Å². The minimum Gasteiger partial charge on any atom is -0.338 e. The second kappa shape index (κ2) is 25.7. The number of amidine groups is 1. The molecule has 0 radical (unpaired) electrons. The SMILES string of the molecule is O=C1C(Cl)=C(Cl)C(=O)C(Cl)=C1Cl.c1ccc(-c2cc(-c3ccccc3)c3c(n2)-c2nc(-c4ccccc4)nc(-c4ccccc4)c2CC3)cc1.c1ccc(C2=NC(c3ccccc3)C3=C(N2)c2nc(-c4ccccc4)cc(-c4ccccc4)c2CC3)cc1. The van der Waals surface area contributed by atoms with Gasteiger partial charge in [0.1, 0.15) is 32.0 Å². The molecule has 8 aromatic carbocycles. The summed E-state index contributed by atoms with van der Waals surface area (Å²) in [4.78, 5) is 48.2. The minimum absolute atomic E-state index is 0.0434. The number of nitrogens with one attached hydrogen (secondary N) is 1. The summed E-state index contributed by atoms with van der Waals surface area (Å²) < 4.78 is 0. The van der Waals surface area contributed by atoms with Crippen LogP contribution >= 0.6 is 46.4 Å². The summed E-state index contributed by atoms with van der Waals surface area (Å²) in [6.45, 7) is 0. The first-order valence-corrected chi connectivity index (χ1v) is 30.4. The molecule has 3 aromatic heterocycles. The van der Waals surface area contributed by atoms with Crippen LogP contribution in [0.5, 0.6) is 0 Å². The van der Waals surface area contributed by atoms with Crippen molar-refractivity contribution in [1.29, 1.82) is 0 Å². The van der Waals surface area contributed by atoms with Gasteiger partial charge in [-0.3, -0.25) is 14.6 Å². The Hall–Kier alpha value is -9.67. The Labute approximate surface area is 530 Å². The lowest BCUT2D eigenvalue weighted by molar-refractivity contribution is -0.114. The van der Waals surface area contributed by atoms with E-state index in [4.69, 9.17) is 71.3 Å². The lowest BCUT2D eigenvalue weighted by Crippen LogP contribution is -2.33. The number of halogens is 4. The number of benzene rings is 8. The molecule has 0 spiro atoms. The fraction of sp³-hybridized carbons (Fsp3) is 0.0658. The van der Waals surface area contributed by atoms with Crippen LogP contribution in [0.25, 0.3) is 84.5 Å². The molecule has 11 aromatic rings. The van der Waals surface area contributed by atoms with Gasteiger partial charge in [-0.25, -0.2) is 19.9 Å². The van der Waals surface area contributed by atoms with Gasteiger partial charge in [0.05, 0.1) is 39.9 Å². The van der Waals surface area contributed by atoms with E-state index in [2.05, 4.69) is 224 Å². The zero-order valence-corrected chi connectivity index (χ0v) is 50.2. The fourth-order valence-corrected chi connectivity index (χ4v) is 12.4. The molecule has 4 aliphatic rings. The summed E-state index contributed by atoms with van der Waals surface area (Å²) in [5, 5.41) is 2.18. The van der Waals surface area contributed by atoms with Crippen LogP contribution in [0.2, 0.25) is 0 Å². The van der Waals surface area contributed by atoms with Gasteiger partial charge in [-0.1, -0.05) is 289 Å². The van der Waals surface area contributed by atoms with E-state index in [9.17, 15) is 9.59 Å². The van der Waals surface area contributed by atoms with Crippen molar-refractivity contribution in [1.82, 2.24) is 25.3 Å². The zero-order valence-electron chi connectivity index (χ0n) is 47.2. The average Bonchev–Trinajstić information content (AvgIpc) is 0.954. The van der Waals surface area contributed by atoms with Crippen molar-refractivity contribution in [2.75, 3.05) is 0 Å². The highest BCUT2D eigenvalue weighted by atomic mass is 35.5. The molecule has 426 valence electrons. The van der Waals surface area contributed by atoms with Gasteiger partial charge in [-0.2, -0.15) is 0 Å². The quantitative estimate of drug-likeness (QED) is 0.151. The van der Waals surface area contributed by atoms with Gasteiger partial charge in [0.15, 0.2) is 5.82 Å². The van der Waals surface area contributed by atoms with Gasteiger partial charge >= 0.3 is 0 Å². The second-order valence-electron chi connectivity index (χ2n) is 21.3. The molecule has 0 fully saturated rings. The molecule has 1 unspecified atom stereocenters. The third kappa shape index (κ3) is 11.7. The molecule has 1 atom stereocenters. The molecule has 4 heterocycles. The molecule has 15 rings (SSSR count). The Balaban J connectivity index is 0.000000137. The number of hydrogen-bond donors (Lipinski definition) is 1. The average molecular weight is 1220 g/mol. The van der Waals surface area contributed by atoms with E-state index in [1.807, 2.05) is 36.4 Å². The molecule has 8 nitrogen and oxygen atoms in total. The Kier molecular flexibility index (Phi) is 16.8. The summed E-state index contributed by atoms with van der Waals surface area (Å²) in [7, 11) is 0. The van der Waals surface area contributed by atoms with Gasteiger partial charge in [0.25, 0.3) is 0 Å². The first-order valence-electron chi connectivity index (χ1n) is 28.9. The summed E-state index contributed by atoms with van der Waals surface area (Å²) in [6, 6.07) is 88.5. The highest BCUT2D eigenvalue weighted by molar-refractivity contribution is 6.69. The lowest BCUT2D eigenvalue weighted by atomic mass is 9.82. The number of ketones is 2. The number of nitrogens with zero attached hydrogens (tertiary/aromatic N) is 5. The Bertz CT molecular complexity index is 4370. The van der Waals surface area contributed by atoms with E-state index in [-0.39, 0.29) is 6.04 Å². The first-order chi connectivity index (χ1) is 43.2. The van der Waals surface area contributed by atoms with Crippen molar-refractivity contribution in [3.8, 4) is 78.8 Å². The third-order valence-electron chi connectivity index (χ3n) is 15.9. The summed E-state index contributed by atoms with van der Waals surface area (Å²) in [5.74, 6) is 0.157. The van der Waals surface area contributed by atoms with E-state index >= 15 is 0 Å². The molecule has 88 heavy (non-hydrogen) atoms. The van der Waals surface area contributed by atoms with Crippen molar-refractivity contribution < 1.29 is 9.59 Å². The van der Waals surface area contributed by atoms with E-state index in [0.717, 1.165) is 105 Å². The van der Waals surface area contributed by atoms with E-state index < -0.39 is 31.7 Å². The number of fused-ring (bicyclic) bond motifs is 5. The number of aliphatic imine (C=N–C) groups is 1. The molecule has 0 bridgehead atoms. The molecule has 12 heteroatoms. The fourth-order valence-electron chi connectivity index (χ4n) is 11.6. The Morgan fingerprint density at radius 2 is 0.693 bits per heavy atom. The van der Waals surface area contributed by atoms with E-state index in [0.29, 0.717) is 0 Å². The van der Waals surface area contributed by atoms with Crippen LogP contribution in [0.15, 0.2) is 285 Å². The van der Waals surface area contributed by atoms with Gasteiger partial charge in [0.2, 0.25) is 11.6 Å². The predicted octanol–water partition coefficient (Wildman–Crippen LogP) is 18.7. The lowest BCUT2D eigenvalue weighted by Gasteiger charge is -2.33. The molecule has 3 aliphatic carbocycles. The number of rotatable bonds is 8. The zero-order chi connectivity index (χ0) is 60.1. The van der Waals surface area contributed by atoms with Gasteiger partial charge in [-0.15, -0.1) is 0 Å². The number of hydrogen-bond acceptors (Lipinski definition) is 8. The van der Waals surface area contributed by atoms with Crippen LogP contribution in [0, 0.1) is 0 Å².